The number of Topliss-reactive ketones (excluding diaryl/α,β-unsaturated/α-hetero) is 2. The van der Waals surface area contributed by atoms with Gasteiger partial charge in [-0.1, -0.05) is 42.5 Å². The number of hydrogen-bond acceptors (Lipinski definition) is 8. The number of hydrogen-bond donors (Lipinski definition) is 1. The minimum Gasteiger partial charge on any atom is -0.497 e. The number of ether oxygens (including phenoxy) is 3. The molecule has 3 aromatic rings. The van der Waals surface area contributed by atoms with Gasteiger partial charge in [0.2, 0.25) is 5.91 Å². The van der Waals surface area contributed by atoms with Gasteiger partial charge < -0.3 is 19.5 Å². The van der Waals surface area contributed by atoms with Crippen LogP contribution in [0.1, 0.15) is 43.9 Å². The predicted molar refractivity (Wildman–Crippen MR) is 134 cm³/mol. The molecule has 0 bridgehead atoms. The topological polar surface area (TPSA) is 125 Å². The van der Waals surface area contributed by atoms with Crippen LogP contribution in [-0.4, -0.2) is 49.7 Å². The fourth-order valence-corrected chi connectivity index (χ4v) is 3.15. The van der Waals surface area contributed by atoms with E-state index in [1.807, 2.05) is 0 Å². The van der Waals surface area contributed by atoms with Gasteiger partial charge in [-0.25, -0.2) is 4.79 Å². The molecule has 0 fully saturated rings. The molecule has 0 aliphatic carbocycles. The Bertz CT molecular complexity index is 1270. The van der Waals surface area contributed by atoms with Crippen LogP contribution in [0.5, 0.6) is 5.75 Å². The van der Waals surface area contributed by atoms with Crippen LogP contribution < -0.4 is 10.1 Å². The predicted octanol–water partition coefficient (Wildman–Crippen LogP) is 3.88. The van der Waals surface area contributed by atoms with Crippen LogP contribution in [0.3, 0.4) is 0 Å². The number of carbonyl (C=O) groups is 5. The molecular formula is C28H25NO8. The summed E-state index contributed by atoms with van der Waals surface area (Å²) < 4.78 is 15.1. The van der Waals surface area contributed by atoms with Crippen LogP contribution in [0.2, 0.25) is 0 Å². The fraction of sp³-hybridized carbons (Fsp3) is 0.179. The molecule has 37 heavy (non-hydrogen) atoms. The molecule has 3 rings (SSSR count). The zero-order valence-electron chi connectivity index (χ0n) is 20.1. The van der Waals surface area contributed by atoms with Crippen molar-refractivity contribution in [3.63, 3.8) is 0 Å². The first-order chi connectivity index (χ1) is 17.9. The quantitative estimate of drug-likeness (QED) is 0.292. The molecule has 0 saturated carbocycles. The lowest BCUT2D eigenvalue weighted by atomic mass is 10.1. The first-order valence-electron chi connectivity index (χ1n) is 11.3. The molecule has 0 atom stereocenters. The molecule has 0 saturated heterocycles. The Balaban J connectivity index is 1.38. The molecule has 190 valence electrons. The van der Waals surface area contributed by atoms with Gasteiger partial charge in [-0.2, -0.15) is 0 Å². The smallest absolute Gasteiger partial charge is 0.338 e. The van der Waals surface area contributed by atoms with Gasteiger partial charge in [-0.05, 0) is 36.4 Å². The van der Waals surface area contributed by atoms with E-state index in [2.05, 4.69) is 5.32 Å². The molecule has 0 spiro atoms. The van der Waals surface area contributed by atoms with Crippen LogP contribution in [0, 0.1) is 0 Å². The maximum atomic E-state index is 12.2. The maximum Gasteiger partial charge on any atom is 0.338 e. The zero-order chi connectivity index (χ0) is 26.6. The van der Waals surface area contributed by atoms with Gasteiger partial charge in [0.25, 0.3) is 0 Å². The number of rotatable bonds is 12. The van der Waals surface area contributed by atoms with Gasteiger partial charge in [0, 0.05) is 23.2 Å². The van der Waals surface area contributed by atoms with E-state index in [-0.39, 0.29) is 36.6 Å². The molecular weight excluding hydrogens is 478 g/mol. The van der Waals surface area contributed by atoms with Crippen molar-refractivity contribution >= 4 is 35.1 Å². The van der Waals surface area contributed by atoms with Gasteiger partial charge in [0.1, 0.15) is 5.75 Å². The molecule has 0 aliphatic rings. The maximum absolute atomic E-state index is 12.2. The highest BCUT2D eigenvalue weighted by atomic mass is 16.5. The molecule has 9 heteroatoms. The third kappa shape index (κ3) is 8.43. The summed E-state index contributed by atoms with van der Waals surface area (Å²) in [6.07, 6.45) is -0.366. The van der Waals surface area contributed by atoms with Crippen LogP contribution >= 0.6 is 0 Å². The van der Waals surface area contributed by atoms with Gasteiger partial charge >= 0.3 is 11.9 Å². The molecule has 3 aromatic carbocycles. The number of nitrogens with one attached hydrogen (secondary N) is 1. The summed E-state index contributed by atoms with van der Waals surface area (Å²) in [6, 6.07) is 20.8. The van der Waals surface area contributed by atoms with Crippen molar-refractivity contribution < 1.29 is 38.2 Å². The van der Waals surface area contributed by atoms with Crippen molar-refractivity contribution in [3.8, 4) is 5.75 Å². The number of ketones is 2. The normalized spacial score (nSPS) is 10.2. The zero-order valence-corrected chi connectivity index (χ0v) is 20.1. The Morgan fingerprint density at radius 2 is 1.32 bits per heavy atom. The Morgan fingerprint density at radius 3 is 2.03 bits per heavy atom. The van der Waals surface area contributed by atoms with Crippen molar-refractivity contribution in [3.05, 3.63) is 95.6 Å². The van der Waals surface area contributed by atoms with E-state index in [0.717, 1.165) is 0 Å². The molecule has 0 heterocycles. The number of amides is 1. The molecule has 0 unspecified atom stereocenters. The minimum atomic E-state index is -0.686. The first-order valence-corrected chi connectivity index (χ1v) is 11.3. The Kier molecular flexibility index (Phi) is 9.66. The first kappa shape index (κ1) is 26.8. The van der Waals surface area contributed by atoms with E-state index in [9.17, 15) is 24.0 Å². The van der Waals surface area contributed by atoms with Crippen molar-refractivity contribution in [1.29, 1.82) is 0 Å². The number of carbonyl (C=O) groups excluding carboxylic acids is 5. The lowest BCUT2D eigenvalue weighted by molar-refractivity contribution is -0.143. The van der Waals surface area contributed by atoms with Crippen molar-refractivity contribution in [2.45, 2.75) is 12.8 Å². The molecule has 0 radical (unpaired) electrons. The second-order valence-electron chi connectivity index (χ2n) is 7.81. The lowest BCUT2D eigenvalue weighted by Crippen LogP contribution is -2.17. The second kappa shape index (κ2) is 13.3. The Morgan fingerprint density at radius 1 is 0.676 bits per heavy atom. The minimum absolute atomic E-state index is 0.155. The van der Waals surface area contributed by atoms with E-state index in [0.29, 0.717) is 22.6 Å². The summed E-state index contributed by atoms with van der Waals surface area (Å²) in [5.41, 5.74) is 1.41. The summed E-state index contributed by atoms with van der Waals surface area (Å²) in [4.78, 5) is 60.5. The van der Waals surface area contributed by atoms with Gasteiger partial charge in [-0.15, -0.1) is 0 Å². The third-order valence-corrected chi connectivity index (χ3v) is 5.15. The highest BCUT2D eigenvalue weighted by Crippen LogP contribution is 2.14. The van der Waals surface area contributed by atoms with E-state index >= 15 is 0 Å². The second-order valence-corrected chi connectivity index (χ2v) is 7.81. The average molecular weight is 504 g/mol. The molecule has 9 nitrogen and oxygen atoms in total. The molecule has 1 amide bonds. The van der Waals surface area contributed by atoms with Crippen LogP contribution in [0.4, 0.5) is 5.69 Å². The van der Waals surface area contributed by atoms with Gasteiger partial charge in [0.15, 0.2) is 24.8 Å². The fourth-order valence-electron chi connectivity index (χ4n) is 3.15. The SMILES string of the molecule is COc1cccc(C(=O)COC(=O)CCC(=O)Nc2ccc(C(=O)OCC(=O)c3ccccc3)cc2)c1. The van der Waals surface area contributed by atoms with Crippen LogP contribution in [-0.2, 0) is 19.1 Å². The van der Waals surface area contributed by atoms with E-state index in [1.54, 1.807) is 54.6 Å². The number of anilines is 1. The third-order valence-electron chi connectivity index (χ3n) is 5.15. The standard InChI is InChI=1S/C28H25NO8/c1-35-23-9-5-8-21(16-23)25(31)17-36-27(33)15-14-26(32)29-22-12-10-20(11-13-22)28(34)37-18-24(30)19-6-3-2-4-7-19/h2-13,16H,14-15,17-18H2,1H3,(H,29,32). The van der Waals surface area contributed by atoms with Gasteiger partial charge in [0.05, 0.1) is 19.1 Å². The number of benzene rings is 3. The van der Waals surface area contributed by atoms with E-state index in [1.165, 1.54) is 31.4 Å². The lowest BCUT2D eigenvalue weighted by Gasteiger charge is -2.08. The van der Waals surface area contributed by atoms with Crippen LogP contribution in [0.15, 0.2) is 78.9 Å². The number of methoxy groups -OCH3 is 1. The molecule has 0 aliphatic heterocycles. The highest BCUT2D eigenvalue weighted by molar-refractivity contribution is 6.00. The molecule has 0 aromatic heterocycles. The van der Waals surface area contributed by atoms with Crippen molar-refractivity contribution in [2.24, 2.45) is 0 Å². The van der Waals surface area contributed by atoms with Crippen LogP contribution in [0.25, 0.3) is 0 Å². The average Bonchev–Trinajstić information content (AvgIpc) is 2.94. The Hall–Kier alpha value is -4.79. The van der Waals surface area contributed by atoms with E-state index < -0.39 is 24.5 Å². The Labute approximate surface area is 213 Å². The summed E-state index contributed by atoms with van der Waals surface area (Å²) in [5.74, 6) is -2.00. The summed E-state index contributed by atoms with van der Waals surface area (Å²) >= 11 is 0. The van der Waals surface area contributed by atoms with Gasteiger partial charge in [-0.3, -0.25) is 19.2 Å². The highest BCUT2D eigenvalue weighted by Gasteiger charge is 2.14. The summed E-state index contributed by atoms with van der Waals surface area (Å²) in [7, 11) is 1.48. The number of esters is 2. The van der Waals surface area contributed by atoms with E-state index in [4.69, 9.17) is 14.2 Å². The molecule has 1 N–H and O–H groups in total. The summed E-state index contributed by atoms with van der Waals surface area (Å²) in [6.45, 7) is -0.829. The largest absolute Gasteiger partial charge is 0.497 e. The van der Waals surface area contributed by atoms with Crippen molar-refractivity contribution in [1.82, 2.24) is 0 Å². The van der Waals surface area contributed by atoms with Crippen molar-refractivity contribution in [2.75, 3.05) is 25.6 Å². The summed E-state index contributed by atoms with van der Waals surface area (Å²) in [5, 5.41) is 2.60. The monoisotopic (exact) mass is 503 g/mol.